The highest BCUT2D eigenvalue weighted by atomic mass is 19.1. The Hall–Kier alpha value is -2.74. The van der Waals surface area contributed by atoms with E-state index in [0.717, 1.165) is 0 Å². The molecule has 2 aromatic rings. The number of fused-ring (bicyclic) bond motifs is 1. The van der Waals surface area contributed by atoms with Gasteiger partial charge in [0.2, 0.25) is 0 Å². The third kappa shape index (κ3) is 3.10. The molecule has 27 heavy (non-hydrogen) atoms. The van der Waals surface area contributed by atoms with E-state index in [-0.39, 0.29) is 29.2 Å². The Labute approximate surface area is 155 Å². The summed E-state index contributed by atoms with van der Waals surface area (Å²) in [7, 11) is 1.49. The molecule has 4 rings (SSSR count). The van der Waals surface area contributed by atoms with Gasteiger partial charge in [-0.3, -0.25) is 14.3 Å². The maximum absolute atomic E-state index is 14.2. The van der Waals surface area contributed by atoms with Crippen LogP contribution in [-0.2, 0) is 4.74 Å². The predicted octanol–water partition coefficient (Wildman–Crippen LogP) is 1.37. The molecular weight excluding hydrogens is 351 g/mol. The summed E-state index contributed by atoms with van der Waals surface area (Å²) in [5, 5.41) is 9.77. The molecule has 2 N–H and O–H groups in total. The topological polar surface area (TPSA) is 85.3 Å². The molecule has 1 aromatic heterocycles. The van der Waals surface area contributed by atoms with E-state index in [9.17, 15) is 14.0 Å². The minimum atomic E-state index is -0.549. The lowest BCUT2D eigenvalue weighted by atomic mass is 10.1. The second-order valence-corrected chi connectivity index (χ2v) is 7.00. The first-order valence-corrected chi connectivity index (χ1v) is 8.96. The average Bonchev–Trinajstić information content (AvgIpc) is 3.08. The van der Waals surface area contributed by atoms with Gasteiger partial charge in [-0.2, -0.15) is 5.10 Å². The highest BCUT2D eigenvalue weighted by molar-refractivity contribution is 5.98. The Morgan fingerprint density at radius 1 is 1.26 bits per heavy atom. The third-order valence-electron chi connectivity index (χ3n) is 5.40. The van der Waals surface area contributed by atoms with Gasteiger partial charge in [0.15, 0.2) is 5.69 Å². The van der Waals surface area contributed by atoms with Gasteiger partial charge in [0.1, 0.15) is 11.5 Å². The van der Waals surface area contributed by atoms with Crippen molar-refractivity contribution in [3.05, 3.63) is 53.1 Å². The summed E-state index contributed by atoms with van der Waals surface area (Å²) in [5.74, 6) is -0.400. The van der Waals surface area contributed by atoms with Crippen LogP contribution in [0.3, 0.4) is 0 Å². The van der Waals surface area contributed by atoms with E-state index in [4.69, 9.17) is 4.74 Å². The molecule has 1 saturated heterocycles. The average molecular weight is 372 g/mol. The van der Waals surface area contributed by atoms with Crippen molar-refractivity contribution < 1.29 is 18.7 Å². The minimum absolute atomic E-state index is 0.0850. The smallest absolute Gasteiger partial charge is 0.271 e. The number of benzene rings is 1. The van der Waals surface area contributed by atoms with Crippen LogP contribution in [0.4, 0.5) is 4.39 Å². The van der Waals surface area contributed by atoms with Gasteiger partial charge in [0.25, 0.3) is 11.8 Å². The summed E-state index contributed by atoms with van der Waals surface area (Å²) in [6.07, 6.45) is 0. The Morgan fingerprint density at radius 2 is 1.96 bits per heavy atom. The molecule has 2 aliphatic rings. The van der Waals surface area contributed by atoms with Crippen molar-refractivity contribution >= 4 is 11.8 Å². The number of carbonyl (C=O) groups is 2. The molecule has 4 atom stereocenters. The molecule has 0 spiro atoms. The summed E-state index contributed by atoms with van der Waals surface area (Å²) in [6.45, 7) is 3.06. The maximum Gasteiger partial charge on any atom is 0.271 e. The summed E-state index contributed by atoms with van der Waals surface area (Å²) in [6, 6.07) is 7.32. The number of hydrogen-bond donors (Lipinski definition) is 2. The van der Waals surface area contributed by atoms with Crippen LogP contribution >= 0.6 is 0 Å². The first-order valence-electron chi connectivity index (χ1n) is 8.96. The van der Waals surface area contributed by atoms with Crippen LogP contribution in [0, 0.1) is 17.7 Å². The van der Waals surface area contributed by atoms with E-state index in [1.807, 2.05) is 0 Å². The molecule has 2 fully saturated rings. The lowest BCUT2D eigenvalue weighted by molar-refractivity contribution is 0.0915. The van der Waals surface area contributed by atoms with E-state index in [1.54, 1.807) is 25.1 Å². The van der Waals surface area contributed by atoms with Crippen molar-refractivity contribution in [3.63, 3.8) is 0 Å². The second kappa shape index (κ2) is 6.77. The van der Waals surface area contributed by atoms with Crippen molar-refractivity contribution in [2.24, 2.45) is 11.8 Å². The highest BCUT2D eigenvalue weighted by Crippen LogP contribution is 2.44. The van der Waals surface area contributed by atoms with Gasteiger partial charge in [0, 0.05) is 36.6 Å². The number of ether oxygens (including phenoxy) is 1. The van der Waals surface area contributed by atoms with Crippen LogP contribution in [0.1, 0.15) is 39.5 Å². The summed E-state index contributed by atoms with van der Waals surface area (Å²) < 4.78 is 21.0. The highest BCUT2D eigenvalue weighted by Gasteiger charge is 2.55. The van der Waals surface area contributed by atoms with Crippen molar-refractivity contribution in [1.29, 1.82) is 0 Å². The first kappa shape index (κ1) is 17.7. The van der Waals surface area contributed by atoms with E-state index < -0.39 is 11.9 Å². The van der Waals surface area contributed by atoms with Crippen LogP contribution in [0.5, 0.6) is 0 Å². The monoisotopic (exact) mass is 372 g/mol. The fourth-order valence-electron chi connectivity index (χ4n) is 3.72. The first-order chi connectivity index (χ1) is 13.0. The Kier molecular flexibility index (Phi) is 4.43. The zero-order chi connectivity index (χ0) is 19.1. The van der Waals surface area contributed by atoms with Gasteiger partial charge in [-0.15, -0.1) is 0 Å². The molecule has 0 radical (unpaired) electrons. The number of amides is 2. The number of carbonyl (C=O) groups excluding carboxylic acids is 2. The second-order valence-electron chi connectivity index (χ2n) is 7.00. The number of aromatic nitrogens is 2. The Bertz CT molecular complexity index is 887. The third-order valence-corrected chi connectivity index (χ3v) is 5.40. The molecular formula is C19H21FN4O3. The van der Waals surface area contributed by atoms with Gasteiger partial charge in [-0.05, 0) is 13.0 Å². The number of rotatable bonds is 5. The quantitative estimate of drug-likeness (QED) is 0.830. The molecule has 8 heteroatoms. The van der Waals surface area contributed by atoms with Crippen LogP contribution in [-0.4, -0.2) is 47.9 Å². The van der Waals surface area contributed by atoms with E-state index in [1.165, 1.54) is 23.9 Å². The van der Waals surface area contributed by atoms with Crippen molar-refractivity contribution in [3.8, 4) is 0 Å². The summed E-state index contributed by atoms with van der Waals surface area (Å²) in [4.78, 5) is 24.9. The molecule has 142 valence electrons. The molecule has 2 heterocycles. The van der Waals surface area contributed by atoms with E-state index in [2.05, 4.69) is 15.7 Å². The number of hydrogen-bond acceptors (Lipinski definition) is 4. The predicted molar refractivity (Wildman–Crippen MR) is 94.9 cm³/mol. The molecule has 7 nitrogen and oxygen atoms in total. The fraction of sp³-hybridized carbons (Fsp3) is 0.421. The number of halogens is 1. The molecule has 0 bridgehead atoms. The van der Waals surface area contributed by atoms with Crippen molar-refractivity contribution in [2.45, 2.75) is 19.0 Å². The van der Waals surface area contributed by atoms with E-state index >= 15 is 0 Å². The summed E-state index contributed by atoms with van der Waals surface area (Å²) >= 11 is 0. The molecule has 1 saturated carbocycles. The SMILES string of the molecule is CNC(=O)c1cc(C(=O)N[C@H]2[C@@H]3COC[C@@H]32)n([C@@H](C)c2ccccc2F)n1. The molecule has 2 amide bonds. The fourth-order valence-corrected chi connectivity index (χ4v) is 3.72. The Balaban J connectivity index is 1.65. The minimum Gasteiger partial charge on any atom is -0.381 e. The molecule has 0 unspecified atom stereocenters. The number of nitrogens with one attached hydrogen (secondary N) is 2. The molecule has 1 aromatic carbocycles. The van der Waals surface area contributed by atoms with Gasteiger partial charge in [-0.25, -0.2) is 4.39 Å². The van der Waals surface area contributed by atoms with Crippen LogP contribution in [0.25, 0.3) is 0 Å². The van der Waals surface area contributed by atoms with Crippen molar-refractivity contribution in [1.82, 2.24) is 20.4 Å². The summed E-state index contributed by atoms with van der Waals surface area (Å²) in [5.41, 5.74) is 0.746. The largest absolute Gasteiger partial charge is 0.381 e. The van der Waals surface area contributed by atoms with Crippen LogP contribution < -0.4 is 10.6 Å². The van der Waals surface area contributed by atoms with Gasteiger partial charge >= 0.3 is 0 Å². The van der Waals surface area contributed by atoms with Gasteiger partial charge < -0.3 is 15.4 Å². The standard InChI is InChI=1S/C19H21FN4O3/c1-10(11-5-3-4-6-14(11)20)24-16(7-15(23-24)18(25)21-2)19(26)22-17-12-8-27-9-13(12)17/h3-7,10,12-13,17H,8-9H2,1-2H3,(H,21,25)(H,22,26)/t10-,12-,13+,17+/m0/s1. The van der Waals surface area contributed by atoms with Crippen LogP contribution in [0.15, 0.2) is 30.3 Å². The molecule has 1 aliphatic carbocycles. The van der Waals surface area contributed by atoms with Crippen LogP contribution in [0.2, 0.25) is 0 Å². The lowest BCUT2D eigenvalue weighted by Gasteiger charge is -2.17. The zero-order valence-electron chi connectivity index (χ0n) is 15.1. The number of nitrogens with zero attached hydrogens (tertiary/aromatic N) is 2. The molecule has 1 aliphatic heterocycles. The van der Waals surface area contributed by atoms with Gasteiger partial charge in [0.05, 0.1) is 19.3 Å². The lowest BCUT2D eigenvalue weighted by Crippen LogP contribution is -2.32. The maximum atomic E-state index is 14.2. The Morgan fingerprint density at radius 3 is 2.63 bits per heavy atom. The normalized spacial score (nSPS) is 24.2. The zero-order valence-corrected chi connectivity index (χ0v) is 15.1. The van der Waals surface area contributed by atoms with E-state index in [0.29, 0.717) is 30.6 Å². The van der Waals surface area contributed by atoms with Crippen molar-refractivity contribution in [2.75, 3.05) is 20.3 Å². The van der Waals surface area contributed by atoms with Gasteiger partial charge in [-0.1, -0.05) is 18.2 Å².